The average Bonchev–Trinajstić information content (AvgIpc) is 3.18. The molecule has 31 heavy (non-hydrogen) atoms. The minimum atomic E-state index is -2.56. The lowest BCUT2D eigenvalue weighted by Gasteiger charge is -2.13. The SMILES string of the molecule is [2H]C([2H])([2H])c1nc(-c2ccc(NC(=O)[C@@H](O)c3cccc(F)c3)cc2C)c2c(N)ncc(Cl)n12. The van der Waals surface area contributed by atoms with Crippen LogP contribution in [-0.4, -0.2) is 25.4 Å². The summed E-state index contributed by atoms with van der Waals surface area (Å²) in [5.74, 6) is -1.51. The third-order valence-electron chi connectivity index (χ3n) is 4.81. The summed E-state index contributed by atoms with van der Waals surface area (Å²) in [4.78, 5) is 20.8. The second-order valence-electron chi connectivity index (χ2n) is 6.91. The Bertz CT molecular complexity index is 1420. The van der Waals surface area contributed by atoms with Crippen LogP contribution >= 0.6 is 11.6 Å². The van der Waals surface area contributed by atoms with Crippen LogP contribution in [0.4, 0.5) is 15.9 Å². The zero-order valence-corrected chi connectivity index (χ0v) is 17.0. The van der Waals surface area contributed by atoms with Gasteiger partial charge in [0.15, 0.2) is 6.10 Å². The first-order valence-electron chi connectivity index (χ1n) is 10.7. The predicted octanol–water partition coefficient (Wildman–Crippen LogP) is 4.06. The van der Waals surface area contributed by atoms with Crippen molar-refractivity contribution in [2.45, 2.75) is 19.9 Å². The molecule has 7 nitrogen and oxygen atoms in total. The first-order valence-corrected chi connectivity index (χ1v) is 9.53. The number of hydrogen-bond donors (Lipinski definition) is 3. The van der Waals surface area contributed by atoms with Crippen molar-refractivity contribution in [2.75, 3.05) is 11.1 Å². The number of nitrogen functional groups attached to an aromatic ring is 1. The summed E-state index contributed by atoms with van der Waals surface area (Å²) in [7, 11) is 0. The van der Waals surface area contributed by atoms with E-state index in [4.69, 9.17) is 21.4 Å². The van der Waals surface area contributed by atoms with Crippen molar-refractivity contribution >= 4 is 34.5 Å². The van der Waals surface area contributed by atoms with Crippen molar-refractivity contribution in [2.24, 2.45) is 0 Å². The van der Waals surface area contributed by atoms with Gasteiger partial charge in [0.05, 0.1) is 6.20 Å². The van der Waals surface area contributed by atoms with Crippen LogP contribution < -0.4 is 11.1 Å². The number of imidazole rings is 1. The molecular formula is C22H19ClFN5O2. The van der Waals surface area contributed by atoms with E-state index < -0.39 is 24.7 Å². The quantitative estimate of drug-likeness (QED) is 0.442. The number of rotatable bonds is 4. The smallest absolute Gasteiger partial charge is 0.257 e. The van der Waals surface area contributed by atoms with Gasteiger partial charge in [-0.05, 0) is 49.2 Å². The summed E-state index contributed by atoms with van der Waals surface area (Å²) >= 11 is 6.21. The van der Waals surface area contributed by atoms with Crippen LogP contribution in [0.5, 0.6) is 0 Å². The first kappa shape index (κ1) is 17.2. The third kappa shape index (κ3) is 3.83. The largest absolute Gasteiger partial charge is 0.382 e. The van der Waals surface area contributed by atoms with Gasteiger partial charge >= 0.3 is 0 Å². The van der Waals surface area contributed by atoms with Crippen LogP contribution in [0.25, 0.3) is 16.8 Å². The maximum absolute atomic E-state index is 13.4. The fraction of sp³-hybridized carbons (Fsp3) is 0.136. The average molecular weight is 443 g/mol. The minimum Gasteiger partial charge on any atom is -0.382 e. The van der Waals surface area contributed by atoms with Gasteiger partial charge in [0.25, 0.3) is 5.91 Å². The first-order chi connectivity index (χ1) is 16.0. The van der Waals surface area contributed by atoms with Gasteiger partial charge in [-0.2, -0.15) is 0 Å². The molecule has 0 bridgehead atoms. The Labute approximate surface area is 186 Å². The van der Waals surface area contributed by atoms with Crippen LogP contribution in [0, 0.1) is 19.6 Å². The number of benzene rings is 2. The Hall–Kier alpha value is -3.49. The molecule has 0 radical (unpaired) electrons. The number of halogens is 2. The van der Waals surface area contributed by atoms with Gasteiger partial charge < -0.3 is 16.2 Å². The van der Waals surface area contributed by atoms with Crippen LogP contribution in [0.3, 0.4) is 0 Å². The van der Waals surface area contributed by atoms with E-state index >= 15 is 0 Å². The highest BCUT2D eigenvalue weighted by atomic mass is 35.5. The van der Waals surface area contributed by atoms with Crippen molar-refractivity contribution in [3.8, 4) is 11.3 Å². The summed E-state index contributed by atoms with van der Waals surface area (Å²) in [6.45, 7) is -0.824. The van der Waals surface area contributed by atoms with Gasteiger partial charge in [0.1, 0.15) is 33.8 Å². The van der Waals surface area contributed by atoms with E-state index in [9.17, 15) is 14.3 Å². The van der Waals surface area contributed by atoms with E-state index in [2.05, 4.69) is 15.3 Å². The summed E-state index contributed by atoms with van der Waals surface area (Å²) in [6.07, 6.45) is -0.317. The number of nitrogens with one attached hydrogen (secondary N) is 1. The highest BCUT2D eigenvalue weighted by molar-refractivity contribution is 6.29. The maximum Gasteiger partial charge on any atom is 0.257 e. The molecule has 1 atom stereocenters. The number of amides is 1. The number of nitrogens with two attached hydrogens (primary N) is 1. The molecule has 2 aromatic carbocycles. The molecule has 0 spiro atoms. The number of carbonyl (C=O) groups excluding carboxylic acids is 1. The summed E-state index contributed by atoms with van der Waals surface area (Å²) in [6, 6.07) is 9.95. The molecule has 1 amide bonds. The Morgan fingerprint density at radius 1 is 1.35 bits per heavy atom. The standard InChI is InChI=1S/C22H19ClFN5O2/c1-11-8-15(28-22(31)20(30)13-4-3-5-14(24)9-13)6-7-16(11)18-19-21(25)26-10-17(23)29(19)12(2)27-18/h3-10,20,30H,1-2H3,(H2,25,26)(H,28,31)/t20-/m0/s1/i2D3. The molecule has 0 aliphatic heterocycles. The zero-order chi connectivity index (χ0) is 24.8. The lowest BCUT2D eigenvalue weighted by Crippen LogP contribution is -2.21. The fourth-order valence-electron chi connectivity index (χ4n) is 3.34. The number of aliphatic hydroxyl groups excluding tert-OH is 1. The second kappa shape index (κ2) is 7.98. The van der Waals surface area contributed by atoms with Gasteiger partial charge in [-0.25, -0.2) is 14.4 Å². The third-order valence-corrected chi connectivity index (χ3v) is 5.07. The van der Waals surface area contributed by atoms with E-state index in [1.54, 1.807) is 25.1 Å². The van der Waals surface area contributed by atoms with Crippen molar-refractivity contribution < 1.29 is 18.4 Å². The van der Waals surface area contributed by atoms with E-state index in [0.29, 0.717) is 16.8 Å². The number of aryl methyl sites for hydroxylation is 2. The molecule has 4 aromatic rings. The van der Waals surface area contributed by atoms with Gasteiger partial charge in [0.2, 0.25) is 0 Å². The summed E-state index contributed by atoms with van der Waals surface area (Å²) in [5, 5.41) is 12.9. The Balaban J connectivity index is 1.71. The minimum absolute atomic E-state index is 0.0435. The van der Waals surface area contributed by atoms with E-state index in [-0.39, 0.29) is 33.6 Å². The second-order valence-corrected chi connectivity index (χ2v) is 7.30. The van der Waals surface area contributed by atoms with Crippen LogP contribution in [-0.2, 0) is 4.79 Å². The fourth-order valence-corrected chi connectivity index (χ4v) is 3.55. The lowest BCUT2D eigenvalue weighted by molar-refractivity contribution is -0.124. The molecule has 2 heterocycles. The molecular weight excluding hydrogens is 421 g/mol. The van der Waals surface area contributed by atoms with Gasteiger partial charge in [-0.15, -0.1) is 0 Å². The maximum atomic E-state index is 13.4. The monoisotopic (exact) mass is 442 g/mol. The van der Waals surface area contributed by atoms with Crippen molar-refractivity contribution in [1.82, 2.24) is 14.4 Å². The molecule has 158 valence electrons. The Kier molecular flexibility index (Phi) is 4.43. The molecule has 2 aromatic heterocycles. The molecule has 4 N–H and O–H groups in total. The van der Waals surface area contributed by atoms with Crippen molar-refractivity contribution in [1.29, 1.82) is 0 Å². The number of anilines is 2. The molecule has 0 saturated heterocycles. The number of hydrogen-bond acceptors (Lipinski definition) is 5. The number of aromatic nitrogens is 3. The Morgan fingerprint density at radius 3 is 2.87 bits per heavy atom. The van der Waals surface area contributed by atoms with Gasteiger partial charge in [-0.3, -0.25) is 9.20 Å². The van der Waals surface area contributed by atoms with Crippen molar-refractivity contribution in [3.05, 3.63) is 76.6 Å². The van der Waals surface area contributed by atoms with E-state index in [1.807, 2.05) is 0 Å². The van der Waals surface area contributed by atoms with Crippen LogP contribution in [0.1, 0.15) is 27.2 Å². The van der Waals surface area contributed by atoms with Crippen LogP contribution in [0.15, 0.2) is 48.7 Å². The zero-order valence-electron chi connectivity index (χ0n) is 19.2. The molecule has 0 saturated carbocycles. The Morgan fingerprint density at radius 2 is 2.16 bits per heavy atom. The molecule has 0 aliphatic carbocycles. The highest BCUT2D eigenvalue weighted by Gasteiger charge is 2.20. The van der Waals surface area contributed by atoms with Gasteiger partial charge in [0, 0.05) is 15.4 Å². The number of nitrogens with zero attached hydrogens (tertiary/aromatic N) is 3. The van der Waals surface area contributed by atoms with Crippen LogP contribution in [0.2, 0.25) is 5.15 Å². The number of carbonyl (C=O) groups is 1. The molecule has 0 aliphatic rings. The van der Waals surface area contributed by atoms with Crippen molar-refractivity contribution in [3.63, 3.8) is 0 Å². The molecule has 0 unspecified atom stereocenters. The van der Waals surface area contributed by atoms with E-state index in [0.717, 1.165) is 6.07 Å². The normalized spacial score (nSPS) is 14.0. The molecule has 9 heteroatoms. The van der Waals surface area contributed by atoms with Gasteiger partial charge in [-0.1, -0.05) is 29.8 Å². The predicted molar refractivity (Wildman–Crippen MR) is 117 cm³/mol. The van der Waals surface area contributed by atoms with E-state index in [1.165, 1.54) is 28.8 Å². The molecule has 4 rings (SSSR count). The lowest BCUT2D eigenvalue weighted by atomic mass is 10.0. The topological polar surface area (TPSA) is 106 Å². The number of aliphatic hydroxyl groups is 1. The number of fused-ring (bicyclic) bond motifs is 1. The highest BCUT2D eigenvalue weighted by Crippen LogP contribution is 2.33. The molecule has 0 fully saturated rings. The summed E-state index contributed by atoms with van der Waals surface area (Å²) < 4.78 is 38.1. The summed E-state index contributed by atoms with van der Waals surface area (Å²) in [5.41, 5.74) is 8.23.